The number of nitrogens with zero attached hydrogens (tertiary/aromatic N) is 1. The van der Waals surface area contributed by atoms with E-state index in [9.17, 15) is 13.2 Å². The molecule has 0 spiro atoms. The van der Waals surface area contributed by atoms with Gasteiger partial charge in [-0.2, -0.15) is 8.42 Å². The molecule has 7 nitrogen and oxygen atoms in total. The Morgan fingerprint density at radius 3 is 2.57 bits per heavy atom. The predicted molar refractivity (Wildman–Crippen MR) is 79.6 cm³/mol. The number of carbonyl (C=O) groups is 1. The molecule has 21 heavy (non-hydrogen) atoms. The van der Waals surface area contributed by atoms with E-state index in [-0.39, 0.29) is 10.9 Å². The smallest absolute Gasteiger partial charge is 0.278 e. The summed E-state index contributed by atoms with van der Waals surface area (Å²) in [5.74, 6) is 0.292. The minimum atomic E-state index is -3.73. The Bertz CT molecular complexity index is 780. The van der Waals surface area contributed by atoms with E-state index >= 15 is 0 Å². The van der Waals surface area contributed by atoms with Gasteiger partial charge < -0.3 is 10.3 Å². The van der Waals surface area contributed by atoms with Crippen LogP contribution in [-0.4, -0.2) is 24.3 Å². The van der Waals surface area contributed by atoms with Crippen LogP contribution in [0.4, 0.5) is 11.4 Å². The van der Waals surface area contributed by atoms with Gasteiger partial charge in [0, 0.05) is 12.6 Å². The fourth-order valence-corrected chi connectivity index (χ4v) is 2.78. The SMILES string of the molecule is CC(=O)Nc1cc(NS(=O)(=O)c2cnc(C)[nH]2)ccc1C. The first-order chi connectivity index (χ1) is 9.78. The second-order valence-corrected chi connectivity index (χ2v) is 6.30. The van der Waals surface area contributed by atoms with Crippen LogP contribution in [0.5, 0.6) is 0 Å². The average Bonchev–Trinajstić information content (AvgIpc) is 2.80. The summed E-state index contributed by atoms with van der Waals surface area (Å²) in [5, 5.41) is 2.64. The van der Waals surface area contributed by atoms with Gasteiger partial charge in [0.2, 0.25) is 5.91 Å². The molecule has 0 aliphatic rings. The highest BCUT2D eigenvalue weighted by molar-refractivity contribution is 7.92. The maximum absolute atomic E-state index is 12.2. The summed E-state index contributed by atoms with van der Waals surface area (Å²) in [6.45, 7) is 4.88. The van der Waals surface area contributed by atoms with Crippen LogP contribution in [0.25, 0.3) is 0 Å². The average molecular weight is 308 g/mol. The topological polar surface area (TPSA) is 104 Å². The standard InChI is InChI=1S/C13H16N4O3S/c1-8-4-5-11(6-12(8)16-10(3)18)17-21(19,20)13-7-14-9(2)15-13/h4-7,17H,1-3H3,(H,14,15)(H,16,18). The number of benzene rings is 1. The Morgan fingerprint density at radius 2 is 2.00 bits per heavy atom. The summed E-state index contributed by atoms with van der Waals surface area (Å²) in [7, 11) is -3.73. The van der Waals surface area contributed by atoms with Crippen LogP contribution < -0.4 is 10.0 Å². The van der Waals surface area contributed by atoms with Crippen molar-refractivity contribution < 1.29 is 13.2 Å². The van der Waals surface area contributed by atoms with Crippen molar-refractivity contribution in [1.29, 1.82) is 0 Å². The lowest BCUT2D eigenvalue weighted by atomic mass is 10.2. The van der Waals surface area contributed by atoms with Crippen molar-refractivity contribution >= 4 is 27.3 Å². The Labute approximate surface area is 122 Å². The van der Waals surface area contributed by atoms with Crippen molar-refractivity contribution in [1.82, 2.24) is 9.97 Å². The Balaban J connectivity index is 2.29. The second-order valence-electron chi connectivity index (χ2n) is 4.65. The first-order valence-corrected chi connectivity index (χ1v) is 7.69. The zero-order chi connectivity index (χ0) is 15.6. The highest BCUT2D eigenvalue weighted by Gasteiger charge is 2.17. The maximum atomic E-state index is 12.2. The van der Waals surface area contributed by atoms with E-state index in [1.54, 1.807) is 25.1 Å². The van der Waals surface area contributed by atoms with Crippen LogP contribution in [0.1, 0.15) is 18.3 Å². The van der Waals surface area contributed by atoms with Crippen molar-refractivity contribution in [3.63, 3.8) is 0 Å². The molecule has 1 aromatic heterocycles. The Morgan fingerprint density at radius 1 is 1.29 bits per heavy atom. The molecule has 1 heterocycles. The minimum Gasteiger partial charge on any atom is -0.332 e. The van der Waals surface area contributed by atoms with E-state index in [0.29, 0.717) is 17.2 Å². The van der Waals surface area contributed by atoms with Gasteiger partial charge in [-0.15, -0.1) is 0 Å². The minimum absolute atomic E-state index is 0.0124. The van der Waals surface area contributed by atoms with Crippen LogP contribution in [-0.2, 0) is 14.8 Å². The maximum Gasteiger partial charge on any atom is 0.278 e. The third-order valence-corrected chi connectivity index (χ3v) is 4.06. The van der Waals surface area contributed by atoms with E-state index < -0.39 is 10.0 Å². The van der Waals surface area contributed by atoms with Gasteiger partial charge in [-0.25, -0.2) is 4.98 Å². The molecule has 0 saturated heterocycles. The van der Waals surface area contributed by atoms with Gasteiger partial charge in [-0.1, -0.05) is 6.07 Å². The van der Waals surface area contributed by atoms with E-state index in [0.717, 1.165) is 5.56 Å². The molecule has 112 valence electrons. The number of amides is 1. The Kier molecular flexibility index (Phi) is 3.99. The number of rotatable bonds is 4. The monoisotopic (exact) mass is 308 g/mol. The van der Waals surface area contributed by atoms with Gasteiger partial charge in [0.05, 0.1) is 11.9 Å². The van der Waals surface area contributed by atoms with Crippen LogP contribution in [0.15, 0.2) is 29.4 Å². The number of aryl methyl sites for hydroxylation is 2. The third-order valence-electron chi connectivity index (χ3n) is 2.77. The van der Waals surface area contributed by atoms with Crippen molar-refractivity contribution in [2.45, 2.75) is 25.8 Å². The molecule has 1 amide bonds. The lowest BCUT2D eigenvalue weighted by molar-refractivity contribution is -0.114. The molecule has 8 heteroatoms. The highest BCUT2D eigenvalue weighted by Crippen LogP contribution is 2.22. The van der Waals surface area contributed by atoms with Crippen molar-refractivity contribution in [2.24, 2.45) is 0 Å². The third kappa shape index (κ3) is 3.60. The summed E-state index contributed by atoms with van der Waals surface area (Å²) in [4.78, 5) is 17.7. The molecule has 0 bridgehead atoms. The zero-order valence-electron chi connectivity index (χ0n) is 11.9. The summed E-state index contributed by atoms with van der Waals surface area (Å²) in [6, 6.07) is 4.92. The normalized spacial score (nSPS) is 11.2. The summed E-state index contributed by atoms with van der Waals surface area (Å²) >= 11 is 0. The van der Waals surface area contributed by atoms with Crippen LogP contribution >= 0.6 is 0 Å². The molecule has 0 saturated carbocycles. The number of nitrogens with one attached hydrogen (secondary N) is 3. The van der Waals surface area contributed by atoms with Gasteiger partial charge in [-0.05, 0) is 31.5 Å². The zero-order valence-corrected chi connectivity index (χ0v) is 12.7. The number of aromatic nitrogens is 2. The molecular formula is C13H16N4O3S. The molecule has 0 aliphatic heterocycles. The van der Waals surface area contributed by atoms with E-state index in [1.165, 1.54) is 13.1 Å². The molecule has 0 fully saturated rings. The van der Waals surface area contributed by atoms with Crippen LogP contribution in [0.3, 0.4) is 0 Å². The van der Waals surface area contributed by atoms with E-state index in [2.05, 4.69) is 20.0 Å². The summed E-state index contributed by atoms with van der Waals surface area (Å²) in [5.41, 5.74) is 1.76. The lowest BCUT2D eigenvalue weighted by Gasteiger charge is -2.11. The van der Waals surface area contributed by atoms with Crippen LogP contribution in [0, 0.1) is 13.8 Å². The van der Waals surface area contributed by atoms with E-state index in [1.807, 2.05) is 6.92 Å². The van der Waals surface area contributed by atoms with E-state index in [4.69, 9.17) is 0 Å². The molecule has 0 aliphatic carbocycles. The van der Waals surface area contributed by atoms with Crippen molar-refractivity contribution in [3.05, 3.63) is 35.8 Å². The molecule has 0 radical (unpaired) electrons. The van der Waals surface area contributed by atoms with Crippen molar-refractivity contribution in [2.75, 3.05) is 10.0 Å². The molecule has 2 aromatic rings. The molecular weight excluding hydrogens is 292 g/mol. The first-order valence-electron chi connectivity index (χ1n) is 6.20. The summed E-state index contributed by atoms with van der Waals surface area (Å²) < 4.78 is 26.8. The van der Waals surface area contributed by atoms with Gasteiger partial charge in [-0.3, -0.25) is 9.52 Å². The summed E-state index contributed by atoms with van der Waals surface area (Å²) in [6.07, 6.45) is 1.25. The lowest BCUT2D eigenvalue weighted by Crippen LogP contribution is -2.14. The number of sulfonamides is 1. The molecule has 0 atom stereocenters. The number of H-pyrrole nitrogens is 1. The fourth-order valence-electron chi connectivity index (χ4n) is 1.75. The number of aromatic amines is 1. The number of carbonyl (C=O) groups excluding carboxylic acids is 1. The van der Waals surface area contributed by atoms with Crippen LogP contribution in [0.2, 0.25) is 0 Å². The quantitative estimate of drug-likeness (QED) is 0.801. The highest BCUT2D eigenvalue weighted by atomic mass is 32.2. The van der Waals surface area contributed by atoms with Gasteiger partial charge in [0.25, 0.3) is 10.0 Å². The number of hydrogen-bond donors (Lipinski definition) is 3. The second kappa shape index (κ2) is 5.57. The van der Waals surface area contributed by atoms with Gasteiger partial charge >= 0.3 is 0 Å². The Hall–Kier alpha value is -2.35. The predicted octanol–water partition coefficient (Wildman–Crippen LogP) is 1.79. The van der Waals surface area contributed by atoms with Crippen molar-refractivity contribution in [3.8, 4) is 0 Å². The number of hydrogen-bond acceptors (Lipinski definition) is 4. The number of imidazole rings is 1. The molecule has 3 N–H and O–H groups in total. The van der Waals surface area contributed by atoms with Gasteiger partial charge in [0.1, 0.15) is 5.82 Å². The molecule has 2 rings (SSSR count). The van der Waals surface area contributed by atoms with Gasteiger partial charge in [0.15, 0.2) is 5.03 Å². The molecule has 1 aromatic carbocycles. The first kappa shape index (κ1) is 15.0. The fraction of sp³-hybridized carbons (Fsp3) is 0.231. The number of anilines is 2. The largest absolute Gasteiger partial charge is 0.332 e. The molecule has 0 unspecified atom stereocenters.